The summed E-state index contributed by atoms with van der Waals surface area (Å²) in [5.41, 5.74) is 0. The Balaban J connectivity index is 3.97. The lowest BCUT2D eigenvalue weighted by atomic mass is 10.0. The van der Waals surface area contributed by atoms with E-state index in [-0.39, 0.29) is 31.1 Å². The molecule has 0 N–H and O–H groups in total. The Kier molecular flexibility index (Phi) is 68.6. The van der Waals surface area contributed by atoms with E-state index in [0.29, 0.717) is 19.3 Å². The van der Waals surface area contributed by atoms with E-state index in [0.717, 1.165) is 89.9 Å². The summed E-state index contributed by atoms with van der Waals surface area (Å²) in [6.45, 7) is 6.52. The van der Waals surface area contributed by atoms with Crippen LogP contribution < -0.4 is 0 Å². The molecule has 0 rings (SSSR count). The molecular weight excluding hydrogens is 1020 g/mol. The lowest BCUT2D eigenvalue weighted by Gasteiger charge is -2.18. The third-order valence-corrected chi connectivity index (χ3v) is 16.2. The summed E-state index contributed by atoms with van der Waals surface area (Å²) in [7, 11) is 0. The van der Waals surface area contributed by atoms with Crippen molar-refractivity contribution in [2.75, 3.05) is 13.2 Å². The number of allylic oxidation sites excluding steroid dienone is 12. The van der Waals surface area contributed by atoms with E-state index in [4.69, 9.17) is 14.2 Å². The van der Waals surface area contributed by atoms with Gasteiger partial charge in [-0.1, -0.05) is 344 Å². The number of carbonyl (C=O) groups excluding carboxylic acids is 3. The number of hydrogen-bond donors (Lipinski definition) is 0. The molecule has 0 aliphatic rings. The molecule has 0 saturated carbocycles. The first-order valence-electron chi connectivity index (χ1n) is 36.4. The minimum absolute atomic E-state index is 0.0721. The zero-order valence-corrected chi connectivity index (χ0v) is 55.5. The smallest absolute Gasteiger partial charge is 0.306 e. The number of carbonyl (C=O) groups is 3. The maximum atomic E-state index is 12.9. The summed E-state index contributed by atoms with van der Waals surface area (Å²) in [5, 5.41) is 0. The average molecular weight is 1160 g/mol. The van der Waals surface area contributed by atoms with Crippen molar-refractivity contribution in [2.45, 2.75) is 386 Å². The van der Waals surface area contributed by atoms with Crippen LogP contribution in [0.3, 0.4) is 0 Å². The van der Waals surface area contributed by atoms with E-state index >= 15 is 0 Å². The summed E-state index contributed by atoms with van der Waals surface area (Å²) in [6.07, 6.45) is 94.1. The number of rotatable bonds is 67. The molecule has 6 nitrogen and oxygen atoms in total. The molecule has 1 unspecified atom stereocenters. The molecule has 0 aromatic heterocycles. The molecule has 482 valence electrons. The van der Waals surface area contributed by atoms with Crippen molar-refractivity contribution in [3.63, 3.8) is 0 Å². The quantitative estimate of drug-likeness (QED) is 0.0261. The molecule has 0 spiro atoms. The molecule has 1 atom stereocenters. The fraction of sp³-hybridized carbons (Fsp3) is 0.805. The summed E-state index contributed by atoms with van der Waals surface area (Å²) < 4.78 is 16.9. The first-order valence-corrected chi connectivity index (χ1v) is 36.4. The predicted octanol–water partition coefficient (Wildman–Crippen LogP) is 25.2. The average Bonchev–Trinajstić information content (AvgIpc) is 3.50. The molecule has 0 heterocycles. The van der Waals surface area contributed by atoms with Gasteiger partial charge in [-0.05, 0) is 89.9 Å². The van der Waals surface area contributed by atoms with Crippen LogP contribution in [0.5, 0.6) is 0 Å². The van der Waals surface area contributed by atoms with Crippen molar-refractivity contribution in [1.29, 1.82) is 0 Å². The van der Waals surface area contributed by atoms with Gasteiger partial charge in [0.05, 0.1) is 0 Å². The lowest BCUT2D eigenvalue weighted by Crippen LogP contribution is -2.30. The minimum atomic E-state index is -0.774. The summed E-state index contributed by atoms with van der Waals surface area (Å²) in [5.74, 6) is -0.863. The lowest BCUT2D eigenvalue weighted by molar-refractivity contribution is -0.167. The first-order chi connectivity index (χ1) is 41.0. The molecule has 0 bridgehead atoms. The topological polar surface area (TPSA) is 78.9 Å². The molecule has 0 aromatic rings. The maximum Gasteiger partial charge on any atom is 0.306 e. The van der Waals surface area contributed by atoms with Crippen LogP contribution in [0.15, 0.2) is 72.9 Å². The number of unbranched alkanes of at least 4 members (excludes halogenated alkanes) is 44. The van der Waals surface area contributed by atoms with Crippen LogP contribution in [-0.4, -0.2) is 37.2 Å². The van der Waals surface area contributed by atoms with Crippen molar-refractivity contribution in [3.8, 4) is 0 Å². The van der Waals surface area contributed by atoms with Gasteiger partial charge in [0.15, 0.2) is 6.10 Å². The summed E-state index contributed by atoms with van der Waals surface area (Å²) in [6, 6.07) is 0. The van der Waals surface area contributed by atoms with Crippen LogP contribution in [0.4, 0.5) is 0 Å². The van der Waals surface area contributed by atoms with Gasteiger partial charge < -0.3 is 14.2 Å². The normalized spacial score (nSPS) is 12.5. The Morgan fingerprint density at radius 1 is 0.253 bits per heavy atom. The highest BCUT2D eigenvalue weighted by Crippen LogP contribution is 2.18. The Morgan fingerprint density at radius 2 is 0.470 bits per heavy atom. The first kappa shape index (κ1) is 79.8. The fourth-order valence-corrected chi connectivity index (χ4v) is 10.8. The van der Waals surface area contributed by atoms with Crippen LogP contribution in [0.1, 0.15) is 380 Å². The second-order valence-corrected chi connectivity index (χ2v) is 24.5. The van der Waals surface area contributed by atoms with Crippen molar-refractivity contribution in [3.05, 3.63) is 72.9 Å². The highest BCUT2D eigenvalue weighted by Gasteiger charge is 2.19. The van der Waals surface area contributed by atoms with E-state index in [1.165, 1.54) is 250 Å². The van der Waals surface area contributed by atoms with Crippen molar-refractivity contribution < 1.29 is 28.6 Å². The van der Waals surface area contributed by atoms with Crippen LogP contribution in [-0.2, 0) is 28.6 Å². The van der Waals surface area contributed by atoms with E-state index in [1.54, 1.807) is 0 Å². The predicted molar refractivity (Wildman–Crippen MR) is 362 cm³/mol. The van der Waals surface area contributed by atoms with Gasteiger partial charge in [0, 0.05) is 19.3 Å². The van der Waals surface area contributed by atoms with Crippen molar-refractivity contribution >= 4 is 17.9 Å². The molecule has 0 aromatic carbocycles. The van der Waals surface area contributed by atoms with Gasteiger partial charge in [-0.2, -0.15) is 0 Å². The zero-order chi connectivity index (χ0) is 59.9. The summed E-state index contributed by atoms with van der Waals surface area (Å²) in [4.78, 5) is 38.2. The van der Waals surface area contributed by atoms with E-state index < -0.39 is 6.10 Å². The highest BCUT2D eigenvalue weighted by atomic mass is 16.6. The van der Waals surface area contributed by atoms with E-state index in [2.05, 4.69) is 93.7 Å². The van der Waals surface area contributed by atoms with Crippen LogP contribution >= 0.6 is 0 Å². The van der Waals surface area contributed by atoms with Gasteiger partial charge in [0.2, 0.25) is 0 Å². The largest absolute Gasteiger partial charge is 0.462 e. The highest BCUT2D eigenvalue weighted by molar-refractivity contribution is 5.71. The molecule has 0 fully saturated rings. The third kappa shape index (κ3) is 69.5. The molecular formula is C77H138O6. The van der Waals surface area contributed by atoms with Crippen LogP contribution in [0, 0.1) is 0 Å². The van der Waals surface area contributed by atoms with Gasteiger partial charge in [0.1, 0.15) is 13.2 Å². The van der Waals surface area contributed by atoms with E-state index in [1.807, 2.05) is 0 Å². The summed E-state index contributed by atoms with van der Waals surface area (Å²) >= 11 is 0. The Morgan fingerprint density at radius 3 is 0.735 bits per heavy atom. The van der Waals surface area contributed by atoms with Crippen LogP contribution in [0.25, 0.3) is 0 Å². The third-order valence-electron chi connectivity index (χ3n) is 16.2. The number of esters is 3. The minimum Gasteiger partial charge on any atom is -0.462 e. The SMILES string of the molecule is CC/C=C\C/C=C\C/C=C\C/C=C\CCCCCCCCCCCCC(=O)OC(COC(=O)CCCCCCCCC)COC(=O)CCCCCCCCCCCCCCCCCCCCCCCCC/C=C\C/C=C\CCCCCCC. The van der Waals surface area contributed by atoms with Gasteiger partial charge in [-0.25, -0.2) is 0 Å². The standard InChI is InChI=1S/C77H138O6/c1-4-7-10-13-16-18-20-22-24-26-28-30-32-33-34-35-36-37-38-39-40-41-42-43-45-46-48-50-52-54-56-58-61-64-67-70-76(79)82-73-74(72-81-75(78)69-66-63-60-15-12-9-6-3)83-77(80)71-68-65-62-59-57-55-53-51-49-47-44-31-29-27-25-23-21-19-17-14-11-8-5-2/h8,11,17,19-20,22-23,25-26,28-29,31,74H,4-7,9-10,12-16,18,21,24,27,30,32-73H2,1-3H3/b11-8-,19-17-,22-20-,25-23-,28-26-,31-29-. The number of hydrogen-bond acceptors (Lipinski definition) is 6. The Labute approximate surface area is 516 Å². The molecule has 83 heavy (non-hydrogen) atoms. The Bertz CT molecular complexity index is 1520. The monoisotopic (exact) mass is 1160 g/mol. The second kappa shape index (κ2) is 71.3. The van der Waals surface area contributed by atoms with Gasteiger partial charge in [-0.3, -0.25) is 14.4 Å². The van der Waals surface area contributed by atoms with Crippen molar-refractivity contribution in [2.24, 2.45) is 0 Å². The second-order valence-electron chi connectivity index (χ2n) is 24.5. The molecule has 0 aliphatic carbocycles. The maximum absolute atomic E-state index is 12.9. The van der Waals surface area contributed by atoms with Gasteiger partial charge in [-0.15, -0.1) is 0 Å². The molecule has 0 aliphatic heterocycles. The van der Waals surface area contributed by atoms with Gasteiger partial charge in [0.25, 0.3) is 0 Å². The Hall–Kier alpha value is -3.15. The van der Waals surface area contributed by atoms with Gasteiger partial charge >= 0.3 is 17.9 Å². The molecule has 0 amide bonds. The van der Waals surface area contributed by atoms with E-state index in [9.17, 15) is 14.4 Å². The fourth-order valence-electron chi connectivity index (χ4n) is 10.8. The zero-order valence-electron chi connectivity index (χ0n) is 55.5. The molecule has 0 saturated heterocycles. The molecule has 6 heteroatoms. The molecule has 0 radical (unpaired) electrons. The van der Waals surface area contributed by atoms with Crippen molar-refractivity contribution in [1.82, 2.24) is 0 Å². The van der Waals surface area contributed by atoms with Crippen LogP contribution in [0.2, 0.25) is 0 Å². The number of ether oxygens (including phenoxy) is 3.